The summed E-state index contributed by atoms with van der Waals surface area (Å²) in [5.74, 6) is 0.565. The van der Waals surface area contributed by atoms with E-state index in [1.165, 1.54) is 25.7 Å². The van der Waals surface area contributed by atoms with Gasteiger partial charge in [-0.3, -0.25) is 9.48 Å². The monoisotopic (exact) mass is 327 g/mol. The van der Waals surface area contributed by atoms with Crippen molar-refractivity contribution in [2.75, 3.05) is 6.54 Å². The van der Waals surface area contributed by atoms with Gasteiger partial charge in [-0.05, 0) is 25.2 Å². The minimum absolute atomic E-state index is 0.00947. The van der Waals surface area contributed by atoms with E-state index in [0.29, 0.717) is 16.3 Å². The highest BCUT2D eigenvalue weighted by Gasteiger charge is 2.23. The summed E-state index contributed by atoms with van der Waals surface area (Å²) in [5, 5.41) is 7.37. The Balaban J connectivity index is 1.93. The normalized spacial score (nSPS) is 23.3. The van der Waals surface area contributed by atoms with Gasteiger partial charge >= 0.3 is 0 Å². The molecule has 1 aromatic heterocycles. The van der Waals surface area contributed by atoms with E-state index < -0.39 is 0 Å². The van der Waals surface area contributed by atoms with Crippen LogP contribution in [0.25, 0.3) is 0 Å². The van der Waals surface area contributed by atoms with Gasteiger partial charge in [0.25, 0.3) is 5.91 Å². The molecule has 4 nitrogen and oxygen atoms in total. The SMILES string of the molecule is CCc1nn(C)cc1C(=O)NCC1CCCCC1Br. The highest BCUT2D eigenvalue weighted by molar-refractivity contribution is 9.09. The van der Waals surface area contributed by atoms with Crippen LogP contribution in [0.3, 0.4) is 0 Å². The van der Waals surface area contributed by atoms with Crippen LogP contribution >= 0.6 is 15.9 Å². The lowest BCUT2D eigenvalue weighted by atomic mass is 9.89. The fourth-order valence-electron chi connectivity index (χ4n) is 2.70. The summed E-state index contributed by atoms with van der Waals surface area (Å²) in [4.78, 5) is 12.7. The lowest BCUT2D eigenvalue weighted by Crippen LogP contribution is -2.34. The van der Waals surface area contributed by atoms with Gasteiger partial charge in [0.05, 0.1) is 11.3 Å². The number of amides is 1. The third kappa shape index (κ3) is 3.59. The summed E-state index contributed by atoms with van der Waals surface area (Å²) in [5.41, 5.74) is 1.59. The topological polar surface area (TPSA) is 46.9 Å². The maximum Gasteiger partial charge on any atom is 0.254 e. The average Bonchev–Trinajstić information content (AvgIpc) is 2.79. The zero-order valence-electron chi connectivity index (χ0n) is 11.7. The molecule has 0 aliphatic heterocycles. The highest BCUT2D eigenvalue weighted by Crippen LogP contribution is 2.29. The number of nitrogens with one attached hydrogen (secondary N) is 1. The maximum atomic E-state index is 12.2. The van der Waals surface area contributed by atoms with E-state index in [2.05, 4.69) is 26.3 Å². The molecule has 0 spiro atoms. The second-order valence-electron chi connectivity index (χ2n) is 5.29. The Bertz CT molecular complexity index is 444. The van der Waals surface area contributed by atoms with Gasteiger partial charge in [0.15, 0.2) is 0 Å². The molecule has 1 fully saturated rings. The van der Waals surface area contributed by atoms with Crippen molar-refractivity contribution in [1.82, 2.24) is 15.1 Å². The van der Waals surface area contributed by atoms with Gasteiger partial charge in [0, 0.05) is 24.6 Å². The van der Waals surface area contributed by atoms with Gasteiger partial charge < -0.3 is 5.32 Å². The molecule has 0 bridgehead atoms. The smallest absolute Gasteiger partial charge is 0.254 e. The molecule has 0 aromatic carbocycles. The van der Waals surface area contributed by atoms with Crippen LogP contribution in [0.5, 0.6) is 0 Å². The van der Waals surface area contributed by atoms with Crippen molar-refractivity contribution in [3.8, 4) is 0 Å². The van der Waals surface area contributed by atoms with Gasteiger partial charge in [-0.1, -0.05) is 35.7 Å². The second-order valence-corrected chi connectivity index (χ2v) is 6.46. The number of aryl methyl sites for hydroxylation is 2. The lowest BCUT2D eigenvalue weighted by Gasteiger charge is -2.27. The molecule has 1 amide bonds. The molecule has 1 aliphatic rings. The number of rotatable bonds is 4. The zero-order valence-corrected chi connectivity index (χ0v) is 13.2. The zero-order chi connectivity index (χ0) is 13.8. The number of halogens is 1. The van der Waals surface area contributed by atoms with Gasteiger partial charge in [-0.2, -0.15) is 5.10 Å². The van der Waals surface area contributed by atoms with E-state index in [-0.39, 0.29) is 5.91 Å². The highest BCUT2D eigenvalue weighted by atomic mass is 79.9. The predicted octanol–water partition coefficient (Wildman–Crippen LogP) is 2.67. The Morgan fingerprint density at radius 2 is 2.26 bits per heavy atom. The molecule has 5 heteroatoms. The van der Waals surface area contributed by atoms with E-state index >= 15 is 0 Å². The molecular formula is C14H22BrN3O. The number of alkyl halides is 1. The summed E-state index contributed by atoms with van der Waals surface area (Å²) < 4.78 is 1.71. The predicted molar refractivity (Wildman–Crippen MR) is 79.6 cm³/mol. The van der Waals surface area contributed by atoms with Gasteiger partial charge in [-0.15, -0.1) is 0 Å². The Morgan fingerprint density at radius 3 is 2.95 bits per heavy atom. The Kier molecular flexibility index (Phi) is 5.02. The standard InChI is InChI=1S/C14H22BrN3O/c1-3-13-11(9-18(2)17-13)14(19)16-8-10-6-4-5-7-12(10)15/h9-10,12H,3-8H2,1-2H3,(H,16,19). The quantitative estimate of drug-likeness (QED) is 0.864. The minimum Gasteiger partial charge on any atom is -0.352 e. The first kappa shape index (κ1) is 14.6. The van der Waals surface area contributed by atoms with Gasteiger partial charge in [0.1, 0.15) is 0 Å². The van der Waals surface area contributed by atoms with E-state index in [1.54, 1.807) is 10.9 Å². The lowest BCUT2D eigenvalue weighted by molar-refractivity contribution is 0.0943. The van der Waals surface area contributed by atoms with Crippen LogP contribution in [-0.2, 0) is 13.5 Å². The third-order valence-electron chi connectivity index (χ3n) is 3.83. The van der Waals surface area contributed by atoms with Gasteiger partial charge in [-0.25, -0.2) is 0 Å². The molecule has 1 saturated carbocycles. The summed E-state index contributed by atoms with van der Waals surface area (Å²) >= 11 is 3.73. The van der Waals surface area contributed by atoms with E-state index in [4.69, 9.17) is 0 Å². The molecule has 106 valence electrons. The molecule has 1 N–H and O–H groups in total. The number of aromatic nitrogens is 2. The summed E-state index contributed by atoms with van der Waals surface area (Å²) in [6.07, 6.45) is 7.57. The first-order valence-electron chi connectivity index (χ1n) is 7.06. The van der Waals surface area contributed by atoms with Gasteiger partial charge in [0.2, 0.25) is 0 Å². The van der Waals surface area contributed by atoms with E-state index in [0.717, 1.165) is 18.7 Å². The van der Waals surface area contributed by atoms with Crippen LogP contribution < -0.4 is 5.32 Å². The molecule has 1 aliphatic carbocycles. The first-order chi connectivity index (χ1) is 9.11. The van der Waals surface area contributed by atoms with Crippen LogP contribution in [0.4, 0.5) is 0 Å². The molecule has 2 rings (SSSR count). The molecular weight excluding hydrogens is 306 g/mol. The fourth-order valence-corrected chi connectivity index (χ4v) is 3.47. The van der Waals surface area contributed by atoms with Crippen molar-refractivity contribution >= 4 is 21.8 Å². The number of carbonyl (C=O) groups is 1. The summed E-state index contributed by atoms with van der Waals surface area (Å²) in [6.45, 7) is 2.78. The fraction of sp³-hybridized carbons (Fsp3) is 0.714. The van der Waals surface area contributed by atoms with Crippen LogP contribution in [0.2, 0.25) is 0 Å². The van der Waals surface area contributed by atoms with Crippen LogP contribution in [-0.4, -0.2) is 27.1 Å². The Hall–Kier alpha value is -0.840. The Labute approximate surface area is 123 Å². The molecule has 19 heavy (non-hydrogen) atoms. The van der Waals surface area contributed by atoms with Crippen molar-refractivity contribution in [3.63, 3.8) is 0 Å². The second kappa shape index (κ2) is 6.55. The van der Waals surface area contributed by atoms with E-state index in [9.17, 15) is 4.79 Å². The van der Waals surface area contributed by atoms with Crippen LogP contribution in [0, 0.1) is 5.92 Å². The van der Waals surface area contributed by atoms with E-state index in [1.807, 2.05) is 14.0 Å². The molecule has 1 heterocycles. The molecule has 0 saturated heterocycles. The molecule has 0 radical (unpaired) electrons. The average molecular weight is 328 g/mol. The number of hydrogen-bond acceptors (Lipinski definition) is 2. The van der Waals surface area contributed by atoms with Crippen molar-refractivity contribution in [3.05, 3.63) is 17.5 Å². The van der Waals surface area contributed by atoms with Crippen molar-refractivity contribution < 1.29 is 4.79 Å². The van der Waals surface area contributed by atoms with Crippen LogP contribution in [0.15, 0.2) is 6.20 Å². The van der Waals surface area contributed by atoms with Crippen molar-refractivity contribution in [2.24, 2.45) is 13.0 Å². The van der Waals surface area contributed by atoms with Crippen LogP contribution in [0.1, 0.15) is 48.7 Å². The largest absolute Gasteiger partial charge is 0.352 e. The number of nitrogens with zero attached hydrogens (tertiary/aromatic N) is 2. The number of carbonyl (C=O) groups excluding carboxylic acids is 1. The molecule has 1 aromatic rings. The molecule has 2 unspecified atom stereocenters. The van der Waals surface area contributed by atoms with Crippen molar-refractivity contribution in [1.29, 1.82) is 0 Å². The number of hydrogen-bond donors (Lipinski definition) is 1. The molecule has 2 atom stereocenters. The van der Waals surface area contributed by atoms with Crippen molar-refractivity contribution in [2.45, 2.75) is 43.9 Å². The summed E-state index contributed by atoms with van der Waals surface area (Å²) in [6, 6.07) is 0. The summed E-state index contributed by atoms with van der Waals surface area (Å²) in [7, 11) is 1.85. The Morgan fingerprint density at radius 1 is 1.53 bits per heavy atom. The first-order valence-corrected chi connectivity index (χ1v) is 7.98. The maximum absolute atomic E-state index is 12.2. The third-order valence-corrected chi connectivity index (χ3v) is 5.03. The minimum atomic E-state index is 0.00947.